The Morgan fingerprint density at radius 2 is 2.00 bits per heavy atom. The fraction of sp³-hybridized carbons (Fsp3) is 0.167. The van der Waals surface area contributed by atoms with Crippen LogP contribution >= 0.6 is 27.5 Å². The number of aromatic nitrogens is 2. The van der Waals surface area contributed by atoms with Gasteiger partial charge in [-0.15, -0.1) is 0 Å². The molecule has 1 heterocycles. The van der Waals surface area contributed by atoms with E-state index < -0.39 is 0 Å². The van der Waals surface area contributed by atoms with Gasteiger partial charge in [0, 0.05) is 4.47 Å². The van der Waals surface area contributed by atoms with E-state index in [1.54, 1.807) is 31.2 Å². The molecule has 0 spiro atoms. The Labute approximate surface area is 163 Å². The molecular weight excluding hydrogens is 422 g/mol. The lowest BCUT2D eigenvalue weighted by molar-refractivity contribution is 0.355. The van der Waals surface area contributed by atoms with E-state index in [0.717, 1.165) is 4.47 Å². The molecule has 1 aromatic heterocycles. The summed E-state index contributed by atoms with van der Waals surface area (Å²) in [6.45, 7) is 1.72. The van der Waals surface area contributed by atoms with Crippen LogP contribution in [0.15, 0.2) is 44.7 Å². The van der Waals surface area contributed by atoms with Crippen LogP contribution in [-0.2, 0) is 0 Å². The molecule has 0 unspecified atom stereocenters. The maximum Gasteiger partial charge on any atom is 0.282 e. The van der Waals surface area contributed by atoms with E-state index in [0.29, 0.717) is 38.8 Å². The van der Waals surface area contributed by atoms with Gasteiger partial charge in [0.15, 0.2) is 11.5 Å². The molecule has 0 aliphatic carbocycles. The van der Waals surface area contributed by atoms with Crippen LogP contribution in [0.2, 0.25) is 5.02 Å². The summed E-state index contributed by atoms with van der Waals surface area (Å²) in [5, 5.41) is 5.14. The number of hydrogen-bond acceptors (Lipinski definition) is 5. The van der Waals surface area contributed by atoms with Crippen molar-refractivity contribution >= 4 is 44.6 Å². The minimum atomic E-state index is -0.253. The van der Waals surface area contributed by atoms with Crippen LogP contribution in [0.4, 0.5) is 0 Å². The number of fused-ring (bicyclic) bond motifs is 1. The van der Waals surface area contributed by atoms with Gasteiger partial charge in [-0.05, 0) is 42.8 Å². The van der Waals surface area contributed by atoms with E-state index >= 15 is 0 Å². The Morgan fingerprint density at radius 1 is 1.23 bits per heavy atom. The molecule has 3 aromatic rings. The molecule has 3 rings (SSSR count). The van der Waals surface area contributed by atoms with Crippen molar-refractivity contribution in [3.8, 4) is 11.5 Å². The zero-order valence-corrected chi connectivity index (χ0v) is 16.6. The Hall–Kier alpha value is -2.38. The quantitative estimate of drug-likeness (QED) is 0.579. The molecule has 8 heteroatoms. The van der Waals surface area contributed by atoms with Crippen molar-refractivity contribution in [1.29, 1.82) is 0 Å². The van der Waals surface area contributed by atoms with Crippen molar-refractivity contribution < 1.29 is 9.47 Å². The van der Waals surface area contributed by atoms with Gasteiger partial charge in [-0.25, -0.2) is 4.98 Å². The molecule has 0 bridgehead atoms. The largest absolute Gasteiger partial charge is 0.493 e. The van der Waals surface area contributed by atoms with Crippen molar-refractivity contribution in [3.05, 3.63) is 61.6 Å². The van der Waals surface area contributed by atoms with Gasteiger partial charge < -0.3 is 9.47 Å². The lowest BCUT2D eigenvalue weighted by Gasteiger charge is -2.10. The lowest BCUT2D eigenvalue weighted by atomic mass is 10.2. The normalized spacial score (nSPS) is 11.3. The van der Waals surface area contributed by atoms with Crippen molar-refractivity contribution in [1.82, 2.24) is 9.66 Å². The van der Waals surface area contributed by atoms with Gasteiger partial charge >= 0.3 is 0 Å². The molecule has 0 aliphatic rings. The molecule has 0 saturated heterocycles. The molecule has 134 valence electrons. The molecular formula is C18H15BrClN3O3. The molecule has 0 amide bonds. The number of nitrogens with zero attached hydrogens (tertiary/aromatic N) is 3. The van der Waals surface area contributed by atoms with Crippen LogP contribution in [-0.4, -0.2) is 30.1 Å². The number of rotatable bonds is 4. The van der Waals surface area contributed by atoms with Gasteiger partial charge in [0.05, 0.1) is 36.4 Å². The third-order valence-corrected chi connectivity index (χ3v) is 4.52. The Balaban J connectivity index is 2.09. The molecule has 0 fully saturated rings. The van der Waals surface area contributed by atoms with Crippen LogP contribution < -0.4 is 15.0 Å². The number of halogens is 2. The summed E-state index contributed by atoms with van der Waals surface area (Å²) in [4.78, 5) is 17.2. The number of aryl methyl sites for hydroxylation is 1. The minimum Gasteiger partial charge on any atom is -0.493 e. The van der Waals surface area contributed by atoms with Crippen LogP contribution in [0, 0.1) is 6.92 Å². The van der Waals surface area contributed by atoms with Crippen molar-refractivity contribution in [2.45, 2.75) is 6.92 Å². The van der Waals surface area contributed by atoms with Crippen molar-refractivity contribution in [2.24, 2.45) is 5.10 Å². The van der Waals surface area contributed by atoms with Gasteiger partial charge in [-0.3, -0.25) is 4.79 Å². The van der Waals surface area contributed by atoms with Crippen LogP contribution in [0.3, 0.4) is 0 Å². The summed E-state index contributed by atoms with van der Waals surface area (Å²) < 4.78 is 12.5. The van der Waals surface area contributed by atoms with Crippen molar-refractivity contribution in [2.75, 3.05) is 14.2 Å². The van der Waals surface area contributed by atoms with Gasteiger partial charge in [0.25, 0.3) is 5.56 Å². The second-order valence-electron chi connectivity index (χ2n) is 5.42. The molecule has 0 aliphatic heterocycles. The average Bonchev–Trinajstić information content (AvgIpc) is 2.61. The van der Waals surface area contributed by atoms with Gasteiger partial charge in [-0.1, -0.05) is 27.5 Å². The lowest BCUT2D eigenvalue weighted by Crippen LogP contribution is -2.20. The molecule has 26 heavy (non-hydrogen) atoms. The smallest absolute Gasteiger partial charge is 0.282 e. The summed E-state index contributed by atoms with van der Waals surface area (Å²) in [6.07, 6.45) is 1.52. The number of methoxy groups -OCH3 is 2. The zero-order valence-electron chi connectivity index (χ0n) is 14.3. The number of benzene rings is 2. The summed E-state index contributed by atoms with van der Waals surface area (Å²) in [5.74, 6) is 1.40. The first-order chi connectivity index (χ1) is 12.4. The van der Waals surface area contributed by atoms with E-state index in [-0.39, 0.29) is 5.56 Å². The SMILES string of the molecule is COc1cc(C=Nn2c(C)nc3ccc(Br)cc3c2=O)cc(Cl)c1OC. The fourth-order valence-electron chi connectivity index (χ4n) is 2.53. The summed E-state index contributed by atoms with van der Waals surface area (Å²) in [6, 6.07) is 8.75. The topological polar surface area (TPSA) is 65.7 Å². The maximum absolute atomic E-state index is 12.7. The first-order valence-corrected chi connectivity index (χ1v) is 8.76. The molecule has 0 saturated carbocycles. The Kier molecular flexibility index (Phi) is 5.29. The Bertz CT molecular complexity index is 1080. The molecule has 6 nitrogen and oxygen atoms in total. The van der Waals surface area contributed by atoms with E-state index in [4.69, 9.17) is 21.1 Å². The predicted molar refractivity (Wildman–Crippen MR) is 106 cm³/mol. The second-order valence-corrected chi connectivity index (χ2v) is 6.74. The first kappa shape index (κ1) is 18.4. The predicted octanol–water partition coefficient (Wildman–Crippen LogP) is 4.02. The summed E-state index contributed by atoms with van der Waals surface area (Å²) in [7, 11) is 3.04. The van der Waals surface area contributed by atoms with Gasteiger partial charge in [0.1, 0.15) is 5.82 Å². The highest BCUT2D eigenvalue weighted by Crippen LogP contribution is 2.35. The highest BCUT2D eigenvalue weighted by Gasteiger charge is 2.11. The van der Waals surface area contributed by atoms with Gasteiger partial charge in [-0.2, -0.15) is 9.78 Å². The number of ether oxygens (including phenoxy) is 2. The summed E-state index contributed by atoms with van der Waals surface area (Å²) >= 11 is 9.57. The molecule has 0 atom stereocenters. The second kappa shape index (κ2) is 7.47. The molecule has 0 N–H and O–H groups in total. The third kappa shape index (κ3) is 3.45. The zero-order chi connectivity index (χ0) is 18.8. The van der Waals surface area contributed by atoms with E-state index in [2.05, 4.69) is 26.0 Å². The van der Waals surface area contributed by atoms with E-state index in [9.17, 15) is 4.79 Å². The minimum absolute atomic E-state index is 0.253. The third-order valence-electron chi connectivity index (χ3n) is 3.75. The molecule has 2 aromatic carbocycles. The highest BCUT2D eigenvalue weighted by atomic mass is 79.9. The first-order valence-electron chi connectivity index (χ1n) is 7.59. The molecule has 0 radical (unpaired) electrons. The van der Waals surface area contributed by atoms with Crippen LogP contribution in [0.5, 0.6) is 11.5 Å². The standard InChI is InChI=1S/C18H15BrClN3O3/c1-10-22-15-5-4-12(19)8-13(15)18(24)23(10)21-9-11-6-14(20)17(26-3)16(7-11)25-2/h4-9H,1-3H3. The number of hydrogen-bond donors (Lipinski definition) is 0. The summed E-state index contributed by atoms with van der Waals surface area (Å²) in [5.41, 5.74) is 1.03. The fourth-order valence-corrected chi connectivity index (χ4v) is 3.19. The van der Waals surface area contributed by atoms with E-state index in [1.165, 1.54) is 25.1 Å². The highest BCUT2D eigenvalue weighted by molar-refractivity contribution is 9.10. The average molecular weight is 437 g/mol. The Morgan fingerprint density at radius 3 is 2.69 bits per heavy atom. The van der Waals surface area contributed by atoms with Crippen molar-refractivity contribution in [3.63, 3.8) is 0 Å². The van der Waals surface area contributed by atoms with Gasteiger partial charge in [0.2, 0.25) is 0 Å². The van der Waals surface area contributed by atoms with Crippen LogP contribution in [0.25, 0.3) is 10.9 Å². The maximum atomic E-state index is 12.7. The van der Waals surface area contributed by atoms with Crippen LogP contribution in [0.1, 0.15) is 11.4 Å². The van der Waals surface area contributed by atoms with E-state index in [1.807, 2.05) is 6.07 Å². The monoisotopic (exact) mass is 435 g/mol.